The number of alkyl halides is 1. The Morgan fingerprint density at radius 2 is 1.95 bits per heavy atom. The summed E-state index contributed by atoms with van der Waals surface area (Å²) in [6.45, 7) is -1.23. The molecule has 218 valence electrons. The van der Waals surface area contributed by atoms with Crippen LogP contribution in [0.5, 0.6) is 11.5 Å². The average Bonchev–Trinajstić information content (AvgIpc) is 3.57. The van der Waals surface area contributed by atoms with E-state index in [1.165, 1.54) is 10.9 Å². The highest BCUT2D eigenvalue weighted by molar-refractivity contribution is 7.91. The van der Waals surface area contributed by atoms with Gasteiger partial charge in [0.25, 0.3) is 10.0 Å². The fourth-order valence-corrected chi connectivity index (χ4v) is 5.16. The van der Waals surface area contributed by atoms with Crippen LogP contribution in [0.4, 0.5) is 4.39 Å². The van der Waals surface area contributed by atoms with Crippen molar-refractivity contribution in [3.63, 3.8) is 0 Å². The Morgan fingerprint density at radius 1 is 1.15 bits per heavy atom. The van der Waals surface area contributed by atoms with Gasteiger partial charge in [-0.05, 0) is 35.9 Å². The molecule has 14 nitrogen and oxygen atoms in total. The summed E-state index contributed by atoms with van der Waals surface area (Å²) in [7, 11) is -3.91. The normalized spacial score (nSPS) is 12.2. The van der Waals surface area contributed by atoms with E-state index in [0.717, 1.165) is 11.3 Å². The second-order valence-corrected chi connectivity index (χ2v) is 11.3. The van der Waals surface area contributed by atoms with E-state index in [1.54, 1.807) is 42.5 Å². The highest BCUT2D eigenvalue weighted by Crippen LogP contribution is 2.28. The minimum atomic E-state index is -3.91. The maximum atomic E-state index is 12.4. The first-order valence-corrected chi connectivity index (χ1v) is 14.3. The molecule has 41 heavy (non-hydrogen) atoms. The molecule has 2 aromatic carbocycles. The number of nitrogens with two attached hydrogens (primary N) is 1. The number of amides is 1. The second-order valence-electron chi connectivity index (χ2n) is 8.51. The van der Waals surface area contributed by atoms with Gasteiger partial charge in [-0.3, -0.25) is 4.79 Å². The van der Waals surface area contributed by atoms with Crippen LogP contribution in [0.1, 0.15) is 11.3 Å². The van der Waals surface area contributed by atoms with E-state index >= 15 is 0 Å². The van der Waals surface area contributed by atoms with Gasteiger partial charge in [-0.25, -0.2) is 32.4 Å². The SMILES string of the molecule is NS(=O)(=O)c1nc2ccc(OCc3cn(CC(=O)NC(COCc4cccc(OCCF)c4)C(=O)O)nn3)cc2s1. The summed E-state index contributed by atoms with van der Waals surface area (Å²) in [6.07, 6.45) is 1.47. The standard InChI is InChI=1S/C24H25FN6O8S2/c25-6-7-38-17-3-1-2-15(8-17)12-37-14-20(23(33)34)27-22(32)11-31-10-16(29-30-31)13-39-18-4-5-19-21(9-18)40-24(28-19)41(26,35)36/h1-5,8-10,20H,6-7,11-14H2,(H,27,32)(H,33,34)(H2,26,35,36). The summed E-state index contributed by atoms with van der Waals surface area (Å²) in [5.74, 6) is -1.01. The van der Waals surface area contributed by atoms with Crippen molar-refractivity contribution in [3.8, 4) is 11.5 Å². The highest BCUT2D eigenvalue weighted by Gasteiger charge is 2.21. The second kappa shape index (κ2) is 13.4. The Balaban J connectivity index is 1.25. The summed E-state index contributed by atoms with van der Waals surface area (Å²) in [5, 5.41) is 24.8. The Labute approximate surface area is 236 Å². The first-order chi connectivity index (χ1) is 19.6. The summed E-state index contributed by atoms with van der Waals surface area (Å²) in [4.78, 5) is 28.0. The molecule has 1 atom stereocenters. The fourth-order valence-electron chi connectivity index (χ4n) is 3.47. The quantitative estimate of drug-likeness (QED) is 0.176. The number of fused-ring (bicyclic) bond motifs is 1. The number of primary sulfonamides is 1. The average molecular weight is 609 g/mol. The van der Waals surface area contributed by atoms with Crippen molar-refractivity contribution < 1.29 is 41.7 Å². The van der Waals surface area contributed by atoms with Crippen LogP contribution in [-0.2, 0) is 44.1 Å². The van der Waals surface area contributed by atoms with E-state index in [1.807, 2.05) is 0 Å². The molecule has 2 aromatic heterocycles. The summed E-state index contributed by atoms with van der Waals surface area (Å²) in [5.41, 5.74) is 1.54. The number of halogens is 1. The van der Waals surface area contributed by atoms with Gasteiger partial charge in [0.1, 0.15) is 43.6 Å². The molecule has 0 saturated heterocycles. The van der Waals surface area contributed by atoms with Gasteiger partial charge in [-0.15, -0.1) is 16.4 Å². The van der Waals surface area contributed by atoms with Crippen molar-refractivity contribution in [3.05, 3.63) is 59.9 Å². The summed E-state index contributed by atoms with van der Waals surface area (Å²) < 4.78 is 53.2. The lowest BCUT2D eigenvalue weighted by Gasteiger charge is -2.15. The molecule has 0 aliphatic rings. The molecular weight excluding hydrogens is 583 g/mol. The van der Waals surface area contributed by atoms with Crippen LogP contribution < -0.4 is 19.9 Å². The number of aromatic nitrogens is 4. The molecule has 0 bridgehead atoms. The van der Waals surface area contributed by atoms with Gasteiger partial charge >= 0.3 is 5.97 Å². The maximum absolute atomic E-state index is 12.4. The first-order valence-electron chi connectivity index (χ1n) is 11.9. The van der Waals surface area contributed by atoms with Crippen LogP contribution >= 0.6 is 11.3 Å². The molecule has 0 spiro atoms. The van der Waals surface area contributed by atoms with E-state index in [2.05, 4.69) is 20.6 Å². The van der Waals surface area contributed by atoms with E-state index < -0.39 is 34.6 Å². The Morgan fingerprint density at radius 3 is 2.71 bits per heavy atom. The molecule has 4 N–H and O–H groups in total. The zero-order chi connectivity index (χ0) is 29.4. The van der Waals surface area contributed by atoms with Crippen LogP contribution in [-0.4, -0.2) is 71.3 Å². The fraction of sp³-hybridized carbons (Fsp3) is 0.292. The lowest BCUT2D eigenvalue weighted by molar-refractivity contribution is -0.144. The first kappa shape index (κ1) is 29.8. The number of sulfonamides is 1. The Hall–Kier alpha value is -4.19. The molecule has 0 aliphatic carbocycles. The molecular formula is C24H25FN6O8S2. The van der Waals surface area contributed by atoms with Crippen LogP contribution in [0.25, 0.3) is 10.2 Å². The Kier molecular flexibility index (Phi) is 9.77. The van der Waals surface area contributed by atoms with Crippen molar-refractivity contribution in [2.24, 2.45) is 5.14 Å². The molecule has 1 unspecified atom stereocenters. The van der Waals surface area contributed by atoms with Crippen molar-refractivity contribution in [2.45, 2.75) is 30.1 Å². The van der Waals surface area contributed by atoms with E-state index in [-0.39, 0.29) is 37.3 Å². The third-order valence-electron chi connectivity index (χ3n) is 5.29. The van der Waals surface area contributed by atoms with Crippen LogP contribution in [0, 0.1) is 0 Å². The monoisotopic (exact) mass is 608 g/mol. The third kappa shape index (κ3) is 8.65. The number of nitrogens with one attached hydrogen (secondary N) is 1. The number of benzene rings is 2. The lowest BCUT2D eigenvalue weighted by Crippen LogP contribution is -2.45. The van der Waals surface area contributed by atoms with Crippen LogP contribution in [0.15, 0.2) is 53.0 Å². The number of aliphatic carboxylic acids is 1. The molecule has 0 fully saturated rings. The Bertz CT molecular complexity index is 1630. The van der Waals surface area contributed by atoms with Gasteiger partial charge in [0.15, 0.2) is 6.04 Å². The molecule has 0 radical (unpaired) electrons. The number of carbonyl (C=O) groups excluding carboxylic acids is 1. The highest BCUT2D eigenvalue weighted by atomic mass is 32.2. The van der Waals surface area contributed by atoms with Crippen LogP contribution in [0.2, 0.25) is 0 Å². The van der Waals surface area contributed by atoms with Gasteiger partial charge in [0.2, 0.25) is 10.2 Å². The molecule has 0 saturated carbocycles. The predicted octanol–water partition coefficient (Wildman–Crippen LogP) is 1.25. The predicted molar refractivity (Wildman–Crippen MR) is 142 cm³/mol. The largest absolute Gasteiger partial charge is 0.491 e. The van der Waals surface area contributed by atoms with Gasteiger partial charge in [0.05, 0.1) is 29.6 Å². The molecule has 4 rings (SSSR count). The molecule has 0 aliphatic heterocycles. The number of carboxylic acid groups (broad SMARTS) is 1. The lowest BCUT2D eigenvalue weighted by atomic mass is 10.2. The van der Waals surface area contributed by atoms with Crippen molar-refractivity contribution >= 4 is 43.5 Å². The topological polar surface area (TPSA) is 198 Å². The number of nitrogens with zero attached hydrogens (tertiary/aromatic N) is 4. The van der Waals surface area contributed by atoms with E-state index in [9.17, 15) is 27.5 Å². The number of ether oxygens (including phenoxy) is 3. The minimum Gasteiger partial charge on any atom is -0.491 e. The molecule has 2 heterocycles. The number of carbonyl (C=O) groups is 2. The van der Waals surface area contributed by atoms with Gasteiger partial charge in [-0.2, -0.15) is 0 Å². The van der Waals surface area contributed by atoms with Gasteiger partial charge in [0, 0.05) is 0 Å². The number of carboxylic acids is 1. The van der Waals surface area contributed by atoms with Crippen molar-refractivity contribution in [1.82, 2.24) is 25.3 Å². The number of rotatable bonds is 15. The zero-order valence-corrected chi connectivity index (χ0v) is 22.9. The van der Waals surface area contributed by atoms with Crippen molar-refractivity contribution in [1.29, 1.82) is 0 Å². The number of hydrogen-bond donors (Lipinski definition) is 3. The van der Waals surface area contributed by atoms with Crippen LogP contribution in [0.3, 0.4) is 0 Å². The third-order valence-corrected chi connectivity index (χ3v) is 7.63. The summed E-state index contributed by atoms with van der Waals surface area (Å²) >= 11 is 0.917. The van der Waals surface area contributed by atoms with Crippen molar-refractivity contribution in [2.75, 3.05) is 19.9 Å². The number of hydrogen-bond acceptors (Lipinski definition) is 11. The van der Waals surface area contributed by atoms with Gasteiger partial charge in [-0.1, -0.05) is 17.3 Å². The minimum absolute atomic E-state index is 0.000414. The van der Waals surface area contributed by atoms with E-state index in [4.69, 9.17) is 19.3 Å². The number of thiazole rings is 1. The molecule has 1 amide bonds. The maximum Gasteiger partial charge on any atom is 0.328 e. The van der Waals surface area contributed by atoms with Gasteiger partial charge < -0.3 is 24.6 Å². The molecule has 17 heteroatoms. The molecule has 4 aromatic rings. The van der Waals surface area contributed by atoms with E-state index in [0.29, 0.717) is 33.0 Å². The zero-order valence-electron chi connectivity index (χ0n) is 21.3. The smallest absolute Gasteiger partial charge is 0.328 e. The summed E-state index contributed by atoms with van der Waals surface area (Å²) in [6, 6.07) is 10.3.